The van der Waals surface area contributed by atoms with Crippen molar-refractivity contribution in [2.24, 2.45) is 16.9 Å². The molecule has 1 saturated carbocycles. The number of likely N-dealkylation sites (tertiary alicyclic amines) is 1. The van der Waals surface area contributed by atoms with Crippen molar-refractivity contribution in [2.75, 3.05) is 13.6 Å². The van der Waals surface area contributed by atoms with Crippen LogP contribution in [0.15, 0.2) is 16.6 Å². The monoisotopic (exact) mass is 364 g/mol. The Morgan fingerprint density at radius 3 is 2.62 bits per heavy atom. The van der Waals surface area contributed by atoms with Crippen LogP contribution in [0.3, 0.4) is 0 Å². The predicted octanol–water partition coefficient (Wildman–Crippen LogP) is 1.85. The maximum atomic E-state index is 12.6. The molecule has 7 heteroatoms. The van der Waals surface area contributed by atoms with Gasteiger partial charge in [-0.15, -0.1) is 0 Å². The number of hydrogen-bond donors (Lipinski definition) is 4. The van der Waals surface area contributed by atoms with E-state index < -0.39 is 12.1 Å². The van der Waals surface area contributed by atoms with Crippen molar-refractivity contribution in [3.05, 3.63) is 11.5 Å². The lowest BCUT2D eigenvalue weighted by Crippen LogP contribution is -2.51. The van der Waals surface area contributed by atoms with Gasteiger partial charge in [0.1, 0.15) is 23.4 Å². The van der Waals surface area contributed by atoms with Gasteiger partial charge < -0.3 is 20.4 Å². The van der Waals surface area contributed by atoms with Crippen molar-refractivity contribution in [1.82, 2.24) is 15.6 Å². The van der Waals surface area contributed by atoms with Crippen molar-refractivity contribution >= 4 is 11.7 Å². The summed E-state index contributed by atoms with van der Waals surface area (Å²) in [6.07, 6.45) is 6.73. The van der Waals surface area contributed by atoms with E-state index in [1.807, 2.05) is 14.0 Å². The van der Waals surface area contributed by atoms with Gasteiger partial charge in [0.25, 0.3) is 0 Å². The summed E-state index contributed by atoms with van der Waals surface area (Å²) in [7, 11) is 1.98. The summed E-state index contributed by atoms with van der Waals surface area (Å²) in [6.45, 7) is 2.86. The minimum Gasteiger partial charge on any atom is -0.510 e. The molecule has 146 valence electrons. The summed E-state index contributed by atoms with van der Waals surface area (Å²) in [5.74, 6) is 0.987. The van der Waals surface area contributed by atoms with Crippen LogP contribution in [0, 0.1) is 11.8 Å². The molecule has 3 rings (SSSR count). The number of nitrogens with one attached hydrogen (secondary N) is 2. The second-order valence-corrected chi connectivity index (χ2v) is 8.00. The molecule has 3 atom stereocenters. The van der Waals surface area contributed by atoms with E-state index in [0.29, 0.717) is 12.1 Å². The zero-order valence-corrected chi connectivity index (χ0v) is 15.9. The van der Waals surface area contributed by atoms with Crippen molar-refractivity contribution in [1.29, 1.82) is 0 Å². The van der Waals surface area contributed by atoms with E-state index in [1.165, 1.54) is 6.42 Å². The van der Waals surface area contributed by atoms with Gasteiger partial charge in [-0.1, -0.05) is 26.2 Å². The average Bonchev–Trinajstić information content (AvgIpc) is 3.05. The molecule has 2 unspecified atom stereocenters. The van der Waals surface area contributed by atoms with E-state index >= 15 is 0 Å². The van der Waals surface area contributed by atoms with E-state index in [2.05, 4.69) is 20.7 Å². The maximum absolute atomic E-state index is 12.6. The Labute approximate surface area is 155 Å². The molecule has 1 aliphatic heterocycles. The van der Waals surface area contributed by atoms with Crippen LogP contribution in [0.2, 0.25) is 0 Å². The molecule has 2 fully saturated rings. The summed E-state index contributed by atoms with van der Waals surface area (Å²) in [5.41, 5.74) is 3.19. The molecule has 0 radical (unpaired) electrons. The van der Waals surface area contributed by atoms with Crippen LogP contribution in [0.25, 0.3) is 0 Å². The Kier molecular flexibility index (Phi) is 6.06. The quantitative estimate of drug-likeness (QED) is 0.571. The van der Waals surface area contributed by atoms with E-state index in [4.69, 9.17) is 0 Å². The minimum atomic E-state index is -0.977. The third-order valence-corrected chi connectivity index (χ3v) is 5.97. The predicted molar refractivity (Wildman–Crippen MR) is 100 cm³/mol. The Bertz CT molecular complexity index is 583. The zero-order chi connectivity index (χ0) is 18.7. The Morgan fingerprint density at radius 1 is 1.23 bits per heavy atom. The second-order valence-electron chi connectivity index (χ2n) is 8.00. The standard InChI is InChI=1S/C19H32N4O3/c1-12-11-14(20-19(26)13-7-4-3-5-8-13)18(25)16(17(12)24)22-21-15-9-6-10-23(15)2/h12-14,18,22,24-25H,3-11H2,1-2H3,(H,20,26)/b21-15+/t12?,14-,18?/m0/s1. The SMILES string of the molecule is CC1C[C@H](NC(=O)C2CCCCC2)C(O)C(N/N=C2\CCCN2C)=C1O. The molecule has 3 aliphatic rings. The van der Waals surface area contributed by atoms with Gasteiger partial charge in [0, 0.05) is 31.8 Å². The number of amides is 1. The van der Waals surface area contributed by atoms with Gasteiger partial charge >= 0.3 is 0 Å². The molecule has 0 bridgehead atoms. The lowest BCUT2D eigenvalue weighted by molar-refractivity contribution is -0.127. The number of allylic oxidation sites excluding steroid dienone is 1. The molecule has 1 saturated heterocycles. The first kappa shape index (κ1) is 19.0. The first-order chi connectivity index (χ1) is 12.5. The van der Waals surface area contributed by atoms with Crippen LogP contribution >= 0.6 is 0 Å². The Morgan fingerprint density at radius 2 is 1.96 bits per heavy atom. The summed E-state index contributed by atoms with van der Waals surface area (Å²) >= 11 is 0. The molecular formula is C19H32N4O3. The third-order valence-electron chi connectivity index (χ3n) is 5.97. The van der Waals surface area contributed by atoms with Gasteiger partial charge in [-0.25, -0.2) is 0 Å². The van der Waals surface area contributed by atoms with E-state index in [0.717, 1.165) is 50.9 Å². The highest BCUT2D eigenvalue weighted by molar-refractivity contribution is 5.83. The van der Waals surface area contributed by atoms with Crippen LogP contribution in [0.4, 0.5) is 0 Å². The van der Waals surface area contributed by atoms with Crippen molar-refractivity contribution in [3.63, 3.8) is 0 Å². The summed E-state index contributed by atoms with van der Waals surface area (Å²) in [5, 5.41) is 28.5. The molecule has 2 aliphatic carbocycles. The van der Waals surface area contributed by atoms with Crippen molar-refractivity contribution in [2.45, 2.75) is 70.4 Å². The fourth-order valence-electron chi connectivity index (χ4n) is 4.23. The highest BCUT2D eigenvalue weighted by Gasteiger charge is 2.36. The molecule has 26 heavy (non-hydrogen) atoms. The number of hydrazone groups is 1. The van der Waals surface area contributed by atoms with Crippen molar-refractivity contribution < 1.29 is 15.0 Å². The van der Waals surface area contributed by atoms with Gasteiger partial charge in [-0.3, -0.25) is 10.2 Å². The molecule has 0 aromatic rings. The van der Waals surface area contributed by atoms with Gasteiger partial charge in [0.15, 0.2) is 0 Å². The minimum absolute atomic E-state index is 0.0310. The van der Waals surface area contributed by atoms with Crippen molar-refractivity contribution in [3.8, 4) is 0 Å². The number of carbonyl (C=O) groups is 1. The van der Waals surface area contributed by atoms with Gasteiger partial charge in [0.05, 0.1) is 6.04 Å². The highest BCUT2D eigenvalue weighted by Crippen LogP contribution is 2.29. The maximum Gasteiger partial charge on any atom is 0.223 e. The first-order valence-corrected chi connectivity index (χ1v) is 9.92. The summed E-state index contributed by atoms with van der Waals surface area (Å²) in [6, 6.07) is -0.403. The summed E-state index contributed by atoms with van der Waals surface area (Å²) in [4.78, 5) is 14.6. The highest BCUT2D eigenvalue weighted by atomic mass is 16.3. The molecule has 0 aromatic heterocycles. The zero-order valence-electron chi connectivity index (χ0n) is 15.9. The largest absolute Gasteiger partial charge is 0.510 e. The Balaban J connectivity index is 1.66. The van der Waals surface area contributed by atoms with E-state index in [-0.39, 0.29) is 23.5 Å². The normalized spacial score (nSPS) is 32.2. The number of aliphatic hydroxyl groups is 2. The van der Waals surface area contributed by atoms with Crippen LogP contribution in [0.1, 0.15) is 58.3 Å². The molecule has 0 aromatic carbocycles. The molecule has 1 amide bonds. The lowest BCUT2D eigenvalue weighted by atomic mass is 9.85. The van der Waals surface area contributed by atoms with Gasteiger partial charge in [-0.2, -0.15) is 5.10 Å². The van der Waals surface area contributed by atoms with Gasteiger partial charge in [-0.05, 0) is 25.7 Å². The lowest BCUT2D eigenvalue weighted by Gasteiger charge is -2.35. The molecule has 7 nitrogen and oxygen atoms in total. The number of hydrogen-bond acceptors (Lipinski definition) is 5. The number of carbonyl (C=O) groups excluding carboxylic acids is 1. The molecule has 0 spiro atoms. The number of rotatable bonds is 4. The van der Waals surface area contributed by atoms with Crippen LogP contribution in [-0.4, -0.2) is 52.6 Å². The fourth-order valence-corrected chi connectivity index (χ4v) is 4.23. The summed E-state index contributed by atoms with van der Waals surface area (Å²) < 4.78 is 0. The third kappa shape index (κ3) is 4.14. The molecule has 1 heterocycles. The Hall–Kier alpha value is -1.76. The number of aliphatic hydroxyl groups excluding tert-OH is 2. The van der Waals surface area contributed by atoms with Crippen LogP contribution < -0.4 is 10.7 Å². The molecular weight excluding hydrogens is 332 g/mol. The number of nitrogens with zero attached hydrogens (tertiary/aromatic N) is 2. The topological polar surface area (TPSA) is 97.2 Å². The average molecular weight is 364 g/mol. The van der Waals surface area contributed by atoms with E-state index in [1.54, 1.807) is 0 Å². The van der Waals surface area contributed by atoms with Crippen LogP contribution in [0.5, 0.6) is 0 Å². The smallest absolute Gasteiger partial charge is 0.223 e. The van der Waals surface area contributed by atoms with Gasteiger partial charge in [0.2, 0.25) is 5.91 Å². The van der Waals surface area contributed by atoms with E-state index in [9.17, 15) is 15.0 Å². The number of amidine groups is 1. The fraction of sp³-hybridized carbons (Fsp3) is 0.789. The second kappa shape index (κ2) is 8.29. The van der Waals surface area contributed by atoms with Crippen LogP contribution in [-0.2, 0) is 4.79 Å². The first-order valence-electron chi connectivity index (χ1n) is 9.92. The molecule has 4 N–H and O–H groups in total.